The van der Waals surface area contributed by atoms with Gasteiger partial charge in [0, 0.05) is 7.11 Å². The number of carbonyl (C=O) groups is 3. The summed E-state index contributed by atoms with van der Waals surface area (Å²) in [7, 11) is 1.51. The topological polar surface area (TPSA) is 167 Å². The lowest BCUT2D eigenvalue weighted by Crippen LogP contribution is -2.63. The van der Waals surface area contributed by atoms with Crippen LogP contribution in [0, 0.1) is 11.3 Å². The average molecular weight is 962 g/mol. The Morgan fingerprint density at radius 3 is 1.48 bits per heavy atom. The van der Waals surface area contributed by atoms with Crippen molar-refractivity contribution in [3.8, 4) is 6.07 Å². The van der Waals surface area contributed by atoms with Crippen LogP contribution in [0.1, 0.15) is 55.5 Å². The van der Waals surface area contributed by atoms with E-state index in [-0.39, 0.29) is 44.0 Å². The van der Waals surface area contributed by atoms with Gasteiger partial charge in [-0.3, -0.25) is 4.79 Å². The van der Waals surface area contributed by atoms with E-state index >= 15 is 0 Å². The summed E-state index contributed by atoms with van der Waals surface area (Å²) in [5.74, 6) is -2.32. The van der Waals surface area contributed by atoms with E-state index in [1.54, 1.807) is 91.9 Å². The molecule has 14 nitrogen and oxygen atoms in total. The Hall–Kier alpha value is -7.06. The first-order valence-corrected chi connectivity index (χ1v) is 23.4. The first-order chi connectivity index (χ1) is 34.8. The minimum Gasteiger partial charge on any atom is -0.455 e. The minimum atomic E-state index is -1.53. The molecule has 2 aliphatic rings. The molecule has 2 fully saturated rings. The van der Waals surface area contributed by atoms with Crippen LogP contribution in [0.4, 0.5) is 0 Å². The normalized spacial score (nSPS) is 24.0. The van der Waals surface area contributed by atoms with E-state index in [0.29, 0.717) is 11.1 Å². The third kappa shape index (κ3) is 13.4. The van der Waals surface area contributed by atoms with Crippen LogP contribution >= 0.6 is 0 Å². The van der Waals surface area contributed by atoms with Gasteiger partial charge in [-0.15, -0.1) is 0 Å². The van der Waals surface area contributed by atoms with Crippen LogP contribution < -0.4 is 0 Å². The van der Waals surface area contributed by atoms with Crippen molar-refractivity contribution in [1.29, 1.82) is 5.26 Å². The van der Waals surface area contributed by atoms with Gasteiger partial charge in [0.15, 0.2) is 30.9 Å². The second-order valence-electron chi connectivity index (χ2n) is 17.0. The molecule has 0 spiro atoms. The Labute approximate surface area is 412 Å². The Balaban J connectivity index is 1.13. The van der Waals surface area contributed by atoms with E-state index < -0.39 is 79.3 Å². The molecule has 0 saturated carbocycles. The first kappa shape index (κ1) is 50.3. The Bertz CT molecular complexity index is 2650. The van der Waals surface area contributed by atoms with Crippen molar-refractivity contribution in [1.82, 2.24) is 0 Å². The highest BCUT2D eigenvalue weighted by Crippen LogP contribution is 2.35. The number of nitrogens with zero attached hydrogens (tertiary/aromatic N) is 1. The summed E-state index contributed by atoms with van der Waals surface area (Å²) in [4.78, 5) is 41.9. The molecule has 71 heavy (non-hydrogen) atoms. The van der Waals surface area contributed by atoms with E-state index in [2.05, 4.69) is 6.07 Å². The molecular weight excluding hydrogens is 907 g/mol. The fourth-order valence-electron chi connectivity index (χ4n) is 8.45. The van der Waals surface area contributed by atoms with E-state index in [4.69, 9.17) is 47.4 Å². The number of methoxy groups -OCH3 is 1. The van der Waals surface area contributed by atoms with Crippen molar-refractivity contribution >= 4 is 17.9 Å². The fourth-order valence-corrected chi connectivity index (χ4v) is 8.45. The van der Waals surface area contributed by atoms with Crippen LogP contribution in [0.2, 0.25) is 0 Å². The lowest BCUT2D eigenvalue weighted by atomic mass is 9.97. The van der Waals surface area contributed by atoms with Crippen molar-refractivity contribution in [2.45, 2.75) is 94.6 Å². The number of esters is 3. The van der Waals surface area contributed by atoms with Crippen molar-refractivity contribution in [2.75, 3.05) is 13.7 Å². The number of hydrogen-bond donors (Lipinski definition) is 0. The van der Waals surface area contributed by atoms with E-state index in [9.17, 15) is 19.6 Å². The van der Waals surface area contributed by atoms with Gasteiger partial charge in [-0.25, -0.2) is 9.59 Å². The van der Waals surface area contributed by atoms with Gasteiger partial charge in [0.2, 0.25) is 0 Å². The largest absolute Gasteiger partial charge is 0.455 e. The van der Waals surface area contributed by atoms with Gasteiger partial charge >= 0.3 is 17.9 Å². The van der Waals surface area contributed by atoms with E-state index in [1.807, 2.05) is 91.0 Å². The molecule has 10 atom stereocenters. The quantitative estimate of drug-likeness (QED) is 0.0529. The van der Waals surface area contributed by atoms with Crippen molar-refractivity contribution in [3.63, 3.8) is 0 Å². The Morgan fingerprint density at radius 2 is 0.958 bits per heavy atom. The van der Waals surface area contributed by atoms with Crippen LogP contribution in [0.3, 0.4) is 0 Å². The minimum absolute atomic E-state index is 0.164. The molecule has 0 aromatic heterocycles. The predicted molar refractivity (Wildman–Crippen MR) is 257 cm³/mol. The zero-order valence-corrected chi connectivity index (χ0v) is 39.3. The number of benzene rings is 6. The average Bonchev–Trinajstić information content (AvgIpc) is 3.41. The number of rotatable bonds is 20. The summed E-state index contributed by atoms with van der Waals surface area (Å²) < 4.78 is 64.6. The summed E-state index contributed by atoms with van der Waals surface area (Å²) in [5, 5.41) is 9.75. The smallest absolute Gasteiger partial charge is 0.338 e. The molecule has 0 bridgehead atoms. The molecule has 6 aromatic rings. The molecule has 8 rings (SSSR count). The SMILES string of the molecule is CO[C@H]1O[C@H](CO[C@@H]2O[C@H](C)[C@H](OC(=O)Cc3ccccc3C#N)[C@H](OC(=O)c3ccccc3)[C@H]2OC(=O)c2ccccc2)[C@@H](OCc2ccccc2)[C@H](OCc2ccccc2)[C@H]1OCc1ccccc1. The van der Waals surface area contributed by atoms with E-state index in [0.717, 1.165) is 16.7 Å². The second kappa shape index (κ2) is 25.2. The number of hydrogen-bond acceptors (Lipinski definition) is 14. The lowest BCUT2D eigenvalue weighted by molar-refractivity contribution is -0.339. The molecule has 0 unspecified atom stereocenters. The standard InChI is InChI=1S/C57H55NO13/c1-38-48(69-47(59)32-44-30-18-19-31-45(44)33-58)51(70-54(60)42-26-14-6-15-27-42)53(71-55(61)43-28-16-7-17-29-43)57(67-38)66-37-46-49(63-34-39-20-8-3-9-21-39)50(64-35-40-22-10-4-11-23-40)52(56(62-2)68-46)65-36-41-24-12-5-13-25-41/h3-31,38,46,48-53,56-57H,32,34-37H2,1-2H3/t38-,46-,48+,49-,50+,51+,52-,53-,56+,57-/m1/s1. The van der Waals surface area contributed by atoms with Crippen molar-refractivity contribution < 1.29 is 61.8 Å². The van der Waals surface area contributed by atoms with Crippen LogP contribution in [0.25, 0.3) is 0 Å². The maximum Gasteiger partial charge on any atom is 0.338 e. The van der Waals surface area contributed by atoms with Crippen LogP contribution in [-0.2, 0) is 78.4 Å². The van der Waals surface area contributed by atoms with Crippen LogP contribution in [-0.4, -0.2) is 93.0 Å². The van der Waals surface area contributed by atoms with Gasteiger partial charge in [-0.2, -0.15) is 5.26 Å². The van der Waals surface area contributed by atoms with Gasteiger partial charge in [0.1, 0.15) is 24.4 Å². The zero-order valence-electron chi connectivity index (χ0n) is 39.3. The molecule has 2 heterocycles. The molecular formula is C57H55NO13. The summed E-state index contributed by atoms with van der Waals surface area (Å²) in [6.07, 6.45) is -11.5. The fraction of sp³-hybridized carbons (Fsp3) is 0.298. The predicted octanol–water partition coefficient (Wildman–Crippen LogP) is 8.35. The van der Waals surface area contributed by atoms with Crippen molar-refractivity contribution in [3.05, 3.63) is 215 Å². The number of ether oxygens (including phenoxy) is 10. The second-order valence-corrected chi connectivity index (χ2v) is 17.0. The maximum atomic E-state index is 14.1. The van der Waals surface area contributed by atoms with Gasteiger partial charge in [-0.05, 0) is 59.5 Å². The number of carbonyl (C=O) groups excluding carboxylic acids is 3. The highest BCUT2D eigenvalue weighted by atomic mass is 16.8. The van der Waals surface area contributed by atoms with Gasteiger partial charge in [0.25, 0.3) is 0 Å². The summed E-state index contributed by atoms with van der Waals surface area (Å²) in [5.41, 5.74) is 3.83. The first-order valence-electron chi connectivity index (χ1n) is 23.4. The molecule has 14 heteroatoms. The third-order valence-corrected chi connectivity index (χ3v) is 12.1. The lowest BCUT2D eigenvalue weighted by Gasteiger charge is -2.47. The molecule has 0 N–H and O–H groups in total. The molecule has 2 aliphatic heterocycles. The Morgan fingerprint density at radius 1 is 0.493 bits per heavy atom. The van der Waals surface area contributed by atoms with Crippen LogP contribution in [0.15, 0.2) is 176 Å². The highest BCUT2D eigenvalue weighted by molar-refractivity contribution is 5.90. The molecule has 366 valence electrons. The molecule has 0 amide bonds. The zero-order chi connectivity index (χ0) is 49.4. The molecule has 0 radical (unpaired) electrons. The highest BCUT2D eigenvalue weighted by Gasteiger charge is 2.54. The van der Waals surface area contributed by atoms with Gasteiger partial charge in [-0.1, -0.05) is 146 Å². The summed E-state index contributed by atoms with van der Waals surface area (Å²) in [6.45, 7) is 1.94. The maximum absolute atomic E-state index is 14.1. The van der Waals surface area contributed by atoms with Crippen molar-refractivity contribution in [2.24, 2.45) is 0 Å². The molecule has 0 aliphatic carbocycles. The van der Waals surface area contributed by atoms with Gasteiger partial charge < -0.3 is 47.4 Å². The van der Waals surface area contributed by atoms with Gasteiger partial charge in [0.05, 0.1) is 61.7 Å². The van der Waals surface area contributed by atoms with E-state index in [1.165, 1.54) is 7.11 Å². The Kier molecular flexibility index (Phi) is 17.8. The molecule has 6 aromatic carbocycles. The van der Waals surface area contributed by atoms with Crippen LogP contribution in [0.5, 0.6) is 0 Å². The third-order valence-electron chi connectivity index (χ3n) is 12.1. The summed E-state index contributed by atoms with van der Waals surface area (Å²) in [6, 6.07) is 54.3. The molecule has 2 saturated heterocycles. The summed E-state index contributed by atoms with van der Waals surface area (Å²) >= 11 is 0. The number of nitriles is 1. The monoisotopic (exact) mass is 961 g/mol.